The average molecular weight is 205 g/mol. The molecule has 1 aromatic rings. The van der Waals surface area contributed by atoms with Gasteiger partial charge in [-0.05, 0) is 12.0 Å². The van der Waals surface area contributed by atoms with E-state index in [2.05, 4.69) is 0 Å². The molecule has 1 aliphatic rings. The van der Waals surface area contributed by atoms with Crippen LogP contribution in [0.4, 0.5) is 0 Å². The third-order valence-electron chi connectivity index (χ3n) is 2.69. The lowest BCUT2D eigenvalue weighted by Gasteiger charge is -2.30. The number of amides is 1. The molecule has 0 saturated carbocycles. The largest absolute Gasteiger partial charge is 0.391 e. The van der Waals surface area contributed by atoms with E-state index in [0.29, 0.717) is 25.9 Å². The Morgan fingerprint density at radius 1 is 1.33 bits per heavy atom. The van der Waals surface area contributed by atoms with Gasteiger partial charge in [0.2, 0.25) is 5.91 Å². The topological polar surface area (TPSA) is 40.5 Å². The van der Waals surface area contributed by atoms with Gasteiger partial charge in [-0.25, -0.2) is 0 Å². The number of likely N-dealkylation sites (tertiary alicyclic amines) is 1. The molecule has 1 aliphatic heterocycles. The molecule has 0 aromatic heterocycles. The summed E-state index contributed by atoms with van der Waals surface area (Å²) in [6, 6.07) is 9.86. The minimum Gasteiger partial charge on any atom is -0.391 e. The Balaban J connectivity index is 2.01. The number of piperidine rings is 1. The fourth-order valence-corrected chi connectivity index (χ4v) is 1.85. The van der Waals surface area contributed by atoms with Crippen molar-refractivity contribution in [3.63, 3.8) is 0 Å². The van der Waals surface area contributed by atoms with Gasteiger partial charge in [0, 0.05) is 19.5 Å². The van der Waals surface area contributed by atoms with Gasteiger partial charge in [0.05, 0.1) is 6.10 Å². The minimum atomic E-state index is -0.355. The number of benzene rings is 1. The lowest BCUT2D eigenvalue weighted by Crippen LogP contribution is -2.41. The van der Waals surface area contributed by atoms with Crippen LogP contribution in [0.5, 0.6) is 0 Å². The van der Waals surface area contributed by atoms with E-state index in [0.717, 1.165) is 5.56 Å². The Hall–Kier alpha value is -1.35. The highest BCUT2D eigenvalue weighted by molar-refractivity contribution is 5.77. The van der Waals surface area contributed by atoms with Crippen LogP contribution in [0.25, 0.3) is 0 Å². The predicted molar refractivity (Wildman–Crippen MR) is 57.1 cm³/mol. The molecule has 0 radical (unpaired) electrons. The summed E-state index contributed by atoms with van der Waals surface area (Å²) in [7, 11) is 0. The molecule has 2 rings (SSSR count). The van der Waals surface area contributed by atoms with Gasteiger partial charge in [0.1, 0.15) is 0 Å². The van der Waals surface area contributed by atoms with E-state index in [1.807, 2.05) is 30.3 Å². The highest BCUT2D eigenvalue weighted by Gasteiger charge is 2.23. The summed E-state index contributed by atoms with van der Waals surface area (Å²) in [4.78, 5) is 13.3. The van der Waals surface area contributed by atoms with Crippen LogP contribution in [0.3, 0.4) is 0 Å². The maximum absolute atomic E-state index is 11.6. The van der Waals surface area contributed by atoms with Crippen molar-refractivity contribution in [1.29, 1.82) is 0 Å². The molecule has 1 fully saturated rings. The van der Waals surface area contributed by atoms with Crippen molar-refractivity contribution in [1.82, 2.24) is 4.90 Å². The number of hydrogen-bond acceptors (Lipinski definition) is 2. The summed E-state index contributed by atoms with van der Waals surface area (Å²) in [5.74, 6) is 0.143. The average Bonchev–Trinajstić information content (AvgIpc) is 2.25. The Bertz CT molecular complexity index is 337. The summed E-state index contributed by atoms with van der Waals surface area (Å²) in [5.41, 5.74) is 1.11. The van der Waals surface area contributed by atoms with Crippen molar-refractivity contribution < 1.29 is 9.90 Å². The first-order chi connectivity index (χ1) is 7.25. The second-order valence-electron chi connectivity index (χ2n) is 3.95. The molecule has 0 unspecified atom stereocenters. The number of carbonyl (C=O) groups is 1. The predicted octanol–water partition coefficient (Wildman–Crippen LogP) is 1.17. The quantitative estimate of drug-likeness (QED) is 0.787. The molecule has 0 bridgehead atoms. The van der Waals surface area contributed by atoms with Crippen molar-refractivity contribution in [2.75, 3.05) is 6.54 Å². The van der Waals surface area contributed by atoms with Gasteiger partial charge < -0.3 is 10.0 Å². The van der Waals surface area contributed by atoms with Crippen molar-refractivity contribution in [2.24, 2.45) is 0 Å². The van der Waals surface area contributed by atoms with Crippen LogP contribution in [0.1, 0.15) is 18.4 Å². The van der Waals surface area contributed by atoms with Crippen LogP contribution in [-0.2, 0) is 11.3 Å². The molecule has 1 heterocycles. The van der Waals surface area contributed by atoms with Crippen molar-refractivity contribution in [3.8, 4) is 0 Å². The number of hydrogen-bond donors (Lipinski definition) is 1. The monoisotopic (exact) mass is 205 g/mol. The van der Waals surface area contributed by atoms with Gasteiger partial charge in [-0.3, -0.25) is 4.79 Å². The molecule has 1 atom stereocenters. The maximum Gasteiger partial charge on any atom is 0.223 e. The van der Waals surface area contributed by atoms with E-state index in [4.69, 9.17) is 0 Å². The Kier molecular flexibility index (Phi) is 3.02. The van der Waals surface area contributed by atoms with Crippen LogP contribution < -0.4 is 0 Å². The SMILES string of the molecule is O=C1CC[C@@H](O)CN1Cc1ccccc1. The van der Waals surface area contributed by atoms with E-state index in [1.54, 1.807) is 4.90 Å². The molecule has 1 aromatic carbocycles. The highest BCUT2D eigenvalue weighted by Crippen LogP contribution is 2.14. The van der Waals surface area contributed by atoms with Gasteiger partial charge in [0.25, 0.3) is 0 Å². The zero-order valence-corrected chi connectivity index (χ0v) is 8.60. The van der Waals surface area contributed by atoms with Crippen LogP contribution >= 0.6 is 0 Å². The summed E-state index contributed by atoms with van der Waals surface area (Å²) in [6.45, 7) is 1.07. The van der Waals surface area contributed by atoms with E-state index in [9.17, 15) is 9.90 Å². The lowest BCUT2D eigenvalue weighted by atomic mass is 10.1. The summed E-state index contributed by atoms with van der Waals surface area (Å²) >= 11 is 0. The molecular weight excluding hydrogens is 190 g/mol. The van der Waals surface area contributed by atoms with E-state index in [-0.39, 0.29) is 12.0 Å². The Morgan fingerprint density at radius 3 is 2.80 bits per heavy atom. The zero-order valence-electron chi connectivity index (χ0n) is 8.60. The first-order valence-electron chi connectivity index (χ1n) is 5.25. The zero-order chi connectivity index (χ0) is 10.7. The normalized spacial score (nSPS) is 21.8. The van der Waals surface area contributed by atoms with Gasteiger partial charge in [-0.2, -0.15) is 0 Å². The fourth-order valence-electron chi connectivity index (χ4n) is 1.85. The second kappa shape index (κ2) is 4.45. The Labute approximate surface area is 89.3 Å². The highest BCUT2D eigenvalue weighted by atomic mass is 16.3. The first kappa shape index (κ1) is 10.2. The molecule has 3 nitrogen and oxygen atoms in total. The summed E-state index contributed by atoms with van der Waals surface area (Å²) < 4.78 is 0. The van der Waals surface area contributed by atoms with Crippen LogP contribution in [0, 0.1) is 0 Å². The third kappa shape index (κ3) is 2.57. The van der Waals surface area contributed by atoms with Crippen LogP contribution in [-0.4, -0.2) is 28.6 Å². The number of nitrogens with zero attached hydrogens (tertiary/aromatic N) is 1. The van der Waals surface area contributed by atoms with Gasteiger partial charge >= 0.3 is 0 Å². The summed E-state index contributed by atoms with van der Waals surface area (Å²) in [5, 5.41) is 9.48. The fraction of sp³-hybridized carbons (Fsp3) is 0.417. The standard InChI is InChI=1S/C12H15NO2/c14-11-6-7-12(15)13(9-11)8-10-4-2-1-3-5-10/h1-5,11,14H,6-9H2/t11-/m1/s1. The van der Waals surface area contributed by atoms with Gasteiger partial charge in [0.15, 0.2) is 0 Å². The van der Waals surface area contributed by atoms with Gasteiger partial charge in [-0.15, -0.1) is 0 Å². The second-order valence-corrected chi connectivity index (χ2v) is 3.95. The lowest BCUT2D eigenvalue weighted by molar-refractivity contribution is -0.137. The molecule has 3 heteroatoms. The first-order valence-corrected chi connectivity index (χ1v) is 5.25. The Morgan fingerprint density at radius 2 is 2.07 bits per heavy atom. The smallest absolute Gasteiger partial charge is 0.223 e. The molecule has 1 N–H and O–H groups in total. The molecule has 15 heavy (non-hydrogen) atoms. The molecule has 80 valence electrons. The van der Waals surface area contributed by atoms with E-state index >= 15 is 0 Å². The molecule has 1 amide bonds. The number of aliphatic hydroxyl groups is 1. The number of aliphatic hydroxyl groups excluding tert-OH is 1. The number of β-amino-alcohol motifs (C(OH)–C–C–N with tert-alkyl or cyclic N) is 1. The van der Waals surface area contributed by atoms with Gasteiger partial charge in [-0.1, -0.05) is 30.3 Å². The summed E-state index contributed by atoms with van der Waals surface area (Å²) in [6.07, 6.45) is 0.712. The van der Waals surface area contributed by atoms with Crippen LogP contribution in [0.15, 0.2) is 30.3 Å². The van der Waals surface area contributed by atoms with Crippen LogP contribution in [0.2, 0.25) is 0 Å². The van der Waals surface area contributed by atoms with Crippen molar-refractivity contribution in [2.45, 2.75) is 25.5 Å². The van der Waals surface area contributed by atoms with Crippen molar-refractivity contribution >= 4 is 5.91 Å². The number of carbonyl (C=O) groups excluding carboxylic acids is 1. The molecule has 0 aliphatic carbocycles. The molecule has 0 spiro atoms. The molecular formula is C12H15NO2. The van der Waals surface area contributed by atoms with E-state index in [1.165, 1.54) is 0 Å². The number of rotatable bonds is 2. The van der Waals surface area contributed by atoms with Crippen molar-refractivity contribution in [3.05, 3.63) is 35.9 Å². The molecule has 1 saturated heterocycles. The minimum absolute atomic E-state index is 0.143. The van der Waals surface area contributed by atoms with E-state index < -0.39 is 0 Å². The maximum atomic E-state index is 11.6. The third-order valence-corrected chi connectivity index (χ3v) is 2.69.